The van der Waals surface area contributed by atoms with Gasteiger partial charge < -0.3 is 9.84 Å². The summed E-state index contributed by atoms with van der Waals surface area (Å²) in [6.45, 7) is 5.02. The second kappa shape index (κ2) is 8.42. The molecule has 1 aromatic rings. The van der Waals surface area contributed by atoms with Crippen LogP contribution in [-0.4, -0.2) is 40.5 Å². The van der Waals surface area contributed by atoms with Gasteiger partial charge in [0.1, 0.15) is 0 Å². The summed E-state index contributed by atoms with van der Waals surface area (Å²) in [6, 6.07) is 1.32. The molecule has 9 heteroatoms. The fraction of sp³-hybridized carbons (Fsp3) is 0.267. The van der Waals surface area contributed by atoms with Crippen LogP contribution in [0, 0.1) is 13.8 Å². The van der Waals surface area contributed by atoms with Crippen LogP contribution in [0.4, 0.5) is 0 Å². The first kappa shape index (κ1) is 18.8. The minimum absolute atomic E-state index is 0.0752. The summed E-state index contributed by atoms with van der Waals surface area (Å²) in [7, 11) is 0. The zero-order chi connectivity index (χ0) is 18.3. The Bertz CT molecular complexity index is 711. The van der Waals surface area contributed by atoms with Crippen LogP contribution in [0.3, 0.4) is 0 Å². The monoisotopic (exact) mass is 335 g/mol. The summed E-state index contributed by atoms with van der Waals surface area (Å²) >= 11 is 0. The first-order valence-electron chi connectivity index (χ1n) is 6.93. The number of aliphatic carboxylic acids is 1. The number of pyridine rings is 1. The van der Waals surface area contributed by atoms with Crippen LogP contribution < -0.4 is 10.9 Å². The molecule has 0 aromatic carbocycles. The number of hydrogen-bond acceptors (Lipinski definition) is 6. The van der Waals surface area contributed by atoms with E-state index in [1.807, 2.05) is 5.43 Å². The summed E-state index contributed by atoms with van der Waals surface area (Å²) < 4.78 is 4.89. The molecule has 0 fully saturated rings. The highest BCUT2D eigenvalue weighted by molar-refractivity contribution is 6.01. The number of hydrogen-bond donors (Lipinski definition) is 3. The van der Waals surface area contributed by atoms with Gasteiger partial charge in [-0.25, -0.2) is 9.59 Å². The van der Waals surface area contributed by atoms with Crippen molar-refractivity contribution in [3.8, 4) is 0 Å². The van der Waals surface area contributed by atoms with Crippen LogP contribution in [0.2, 0.25) is 0 Å². The van der Waals surface area contributed by atoms with E-state index in [-0.39, 0.29) is 17.7 Å². The fourth-order valence-electron chi connectivity index (χ4n) is 1.74. The second-order valence-corrected chi connectivity index (χ2v) is 4.59. The molecule has 128 valence electrons. The van der Waals surface area contributed by atoms with Gasteiger partial charge in [0.15, 0.2) is 0 Å². The van der Waals surface area contributed by atoms with E-state index in [1.54, 1.807) is 20.8 Å². The molecule has 1 rings (SSSR count). The van der Waals surface area contributed by atoms with Crippen molar-refractivity contribution < 1.29 is 29.0 Å². The van der Waals surface area contributed by atoms with Crippen molar-refractivity contribution in [2.75, 3.05) is 6.61 Å². The zero-order valence-electron chi connectivity index (χ0n) is 13.4. The zero-order valence-corrected chi connectivity index (χ0v) is 13.4. The van der Waals surface area contributed by atoms with Crippen LogP contribution in [0.25, 0.3) is 0 Å². The van der Waals surface area contributed by atoms with Crippen LogP contribution in [0.15, 0.2) is 18.2 Å². The van der Waals surface area contributed by atoms with Gasteiger partial charge in [-0.1, -0.05) is 0 Å². The molecule has 0 aliphatic heterocycles. The lowest BCUT2D eigenvalue weighted by molar-refractivity contribution is -0.131. The molecule has 1 aromatic heterocycles. The Labute approximate surface area is 137 Å². The predicted molar refractivity (Wildman–Crippen MR) is 82.1 cm³/mol. The summed E-state index contributed by atoms with van der Waals surface area (Å²) in [5.74, 6) is -3.43. The maximum atomic E-state index is 12.1. The summed E-state index contributed by atoms with van der Waals surface area (Å²) in [5, 5.41) is 8.40. The Kier molecular flexibility index (Phi) is 6.60. The number of carboxylic acid groups (broad SMARTS) is 1. The molecule has 0 aliphatic carbocycles. The number of carbonyl (C=O) groups is 4. The lowest BCUT2D eigenvalue weighted by Crippen LogP contribution is -2.41. The van der Waals surface area contributed by atoms with E-state index in [9.17, 15) is 19.2 Å². The van der Waals surface area contributed by atoms with Crippen molar-refractivity contribution in [1.82, 2.24) is 15.8 Å². The van der Waals surface area contributed by atoms with E-state index in [1.165, 1.54) is 6.07 Å². The lowest BCUT2D eigenvalue weighted by atomic mass is 10.1. The number of nitrogens with one attached hydrogen (secondary N) is 2. The molecule has 3 N–H and O–H groups in total. The van der Waals surface area contributed by atoms with Gasteiger partial charge in [0.05, 0.1) is 29.1 Å². The molecule has 1 heterocycles. The number of aromatic nitrogens is 1. The van der Waals surface area contributed by atoms with Crippen molar-refractivity contribution in [1.29, 1.82) is 0 Å². The van der Waals surface area contributed by atoms with Crippen molar-refractivity contribution >= 4 is 23.8 Å². The third-order valence-corrected chi connectivity index (χ3v) is 2.82. The topological polar surface area (TPSA) is 135 Å². The van der Waals surface area contributed by atoms with Gasteiger partial charge in [-0.15, -0.1) is 0 Å². The van der Waals surface area contributed by atoms with E-state index in [0.717, 1.165) is 6.08 Å². The molecule has 0 bridgehead atoms. The minimum atomic E-state index is -1.30. The Balaban J connectivity index is 2.90. The molecule has 0 aliphatic rings. The molecular formula is C15H17N3O6. The normalized spacial score (nSPS) is 10.3. The van der Waals surface area contributed by atoms with Gasteiger partial charge in [0.25, 0.3) is 11.8 Å². The Morgan fingerprint density at radius 2 is 1.75 bits per heavy atom. The molecule has 2 amide bonds. The minimum Gasteiger partial charge on any atom is -0.478 e. The van der Waals surface area contributed by atoms with E-state index >= 15 is 0 Å². The maximum Gasteiger partial charge on any atom is 0.339 e. The Morgan fingerprint density at radius 3 is 2.33 bits per heavy atom. The molecule has 0 saturated heterocycles. The first-order valence-corrected chi connectivity index (χ1v) is 6.93. The summed E-state index contributed by atoms with van der Waals surface area (Å²) in [5.41, 5.74) is 5.11. The number of amides is 2. The first-order chi connectivity index (χ1) is 11.3. The number of carbonyl (C=O) groups excluding carboxylic acids is 3. The molecule has 0 saturated carbocycles. The average molecular weight is 335 g/mol. The molecule has 0 unspecified atom stereocenters. The summed E-state index contributed by atoms with van der Waals surface area (Å²) in [6.07, 6.45) is 1.37. The van der Waals surface area contributed by atoms with Crippen molar-refractivity contribution in [3.05, 3.63) is 40.7 Å². The number of carboxylic acids is 1. The highest BCUT2D eigenvalue weighted by atomic mass is 16.5. The largest absolute Gasteiger partial charge is 0.478 e. The second-order valence-electron chi connectivity index (χ2n) is 4.59. The van der Waals surface area contributed by atoms with E-state index in [0.29, 0.717) is 17.5 Å². The summed E-state index contributed by atoms with van der Waals surface area (Å²) in [4.78, 5) is 49.7. The van der Waals surface area contributed by atoms with Crippen LogP contribution in [0.1, 0.15) is 39.0 Å². The quantitative estimate of drug-likeness (QED) is 0.399. The van der Waals surface area contributed by atoms with Gasteiger partial charge in [-0.05, 0) is 26.8 Å². The van der Waals surface area contributed by atoms with Crippen LogP contribution in [0.5, 0.6) is 0 Å². The molecule has 0 spiro atoms. The molecule has 24 heavy (non-hydrogen) atoms. The Hall–Kier alpha value is -3.23. The highest BCUT2D eigenvalue weighted by Crippen LogP contribution is 2.14. The van der Waals surface area contributed by atoms with Gasteiger partial charge in [0.2, 0.25) is 0 Å². The fourth-order valence-corrected chi connectivity index (χ4v) is 1.74. The van der Waals surface area contributed by atoms with Gasteiger partial charge in [-0.3, -0.25) is 25.4 Å². The van der Waals surface area contributed by atoms with Crippen LogP contribution in [-0.2, 0) is 14.3 Å². The van der Waals surface area contributed by atoms with Crippen molar-refractivity contribution in [2.45, 2.75) is 20.8 Å². The van der Waals surface area contributed by atoms with Gasteiger partial charge >= 0.3 is 11.9 Å². The maximum absolute atomic E-state index is 12.1. The number of rotatable bonds is 5. The smallest absolute Gasteiger partial charge is 0.339 e. The van der Waals surface area contributed by atoms with E-state index in [4.69, 9.17) is 9.84 Å². The van der Waals surface area contributed by atoms with Crippen LogP contribution >= 0.6 is 0 Å². The molecule has 0 atom stereocenters. The third kappa shape index (κ3) is 5.20. The van der Waals surface area contributed by atoms with Gasteiger partial charge in [0, 0.05) is 12.2 Å². The number of aryl methyl sites for hydroxylation is 2. The SMILES string of the molecule is CCOC(=O)c1cc(C(=O)NNC(=O)C=CC(=O)O)c(C)nc1C. The van der Waals surface area contributed by atoms with E-state index in [2.05, 4.69) is 10.4 Å². The van der Waals surface area contributed by atoms with Crippen molar-refractivity contribution in [2.24, 2.45) is 0 Å². The number of hydrazine groups is 1. The standard InChI is InChI=1S/C15H17N3O6/c1-4-24-15(23)11-7-10(8(2)16-9(11)3)14(22)18-17-12(19)5-6-13(20)21/h5-7H,4H2,1-3H3,(H,17,19)(H,18,22)(H,20,21). The van der Waals surface area contributed by atoms with Gasteiger partial charge in [-0.2, -0.15) is 0 Å². The predicted octanol–water partition coefficient (Wildman–Crippen LogP) is 0.277. The molecular weight excluding hydrogens is 318 g/mol. The molecule has 0 radical (unpaired) electrons. The Morgan fingerprint density at radius 1 is 1.12 bits per heavy atom. The number of esters is 1. The highest BCUT2D eigenvalue weighted by Gasteiger charge is 2.18. The molecule has 9 nitrogen and oxygen atoms in total. The van der Waals surface area contributed by atoms with E-state index < -0.39 is 23.8 Å². The lowest BCUT2D eigenvalue weighted by Gasteiger charge is -2.11. The third-order valence-electron chi connectivity index (χ3n) is 2.82. The number of nitrogens with zero attached hydrogens (tertiary/aromatic N) is 1. The average Bonchev–Trinajstić information content (AvgIpc) is 2.50. The number of ether oxygens (including phenoxy) is 1. The van der Waals surface area contributed by atoms with Crippen molar-refractivity contribution in [3.63, 3.8) is 0 Å².